The molecule has 0 aliphatic rings. The van der Waals surface area contributed by atoms with Gasteiger partial charge in [-0.2, -0.15) is 5.26 Å². The molecule has 6 nitrogen and oxygen atoms in total. The Kier molecular flexibility index (Phi) is 5.32. The van der Waals surface area contributed by atoms with Crippen molar-refractivity contribution < 1.29 is 4.79 Å². The number of rotatable bonds is 4. The third kappa shape index (κ3) is 4.28. The molecule has 0 aliphatic carbocycles. The minimum Gasteiger partial charge on any atom is -0.324 e. The van der Waals surface area contributed by atoms with Crippen molar-refractivity contribution in [2.45, 2.75) is 0 Å². The van der Waals surface area contributed by atoms with Gasteiger partial charge in [0.25, 0.3) is 5.91 Å². The fourth-order valence-electron chi connectivity index (χ4n) is 2.09. The second kappa shape index (κ2) is 7.83. The van der Waals surface area contributed by atoms with Gasteiger partial charge < -0.3 is 10.6 Å². The van der Waals surface area contributed by atoms with Gasteiger partial charge in [-0.15, -0.1) is 0 Å². The van der Waals surface area contributed by atoms with Crippen molar-refractivity contribution in [1.29, 1.82) is 5.26 Å². The van der Waals surface area contributed by atoms with E-state index in [0.717, 1.165) is 0 Å². The Hall–Kier alpha value is -3.14. The van der Waals surface area contributed by atoms with Crippen LogP contribution in [-0.2, 0) is 0 Å². The fraction of sp³-hybridized carbons (Fsp3) is 0. The molecular formula is C18H11Cl2N5O. The third-order valence-corrected chi connectivity index (χ3v) is 3.89. The van der Waals surface area contributed by atoms with E-state index < -0.39 is 5.91 Å². The molecule has 0 aliphatic heterocycles. The van der Waals surface area contributed by atoms with Crippen molar-refractivity contribution in [3.05, 3.63) is 76.0 Å². The monoisotopic (exact) mass is 383 g/mol. The van der Waals surface area contributed by atoms with E-state index in [2.05, 4.69) is 26.7 Å². The molecular weight excluding hydrogens is 373 g/mol. The van der Waals surface area contributed by atoms with Gasteiger partial charge >= 0.3 is 0 Å². The molecule has 1 amide bonds. The molecule has 1 heterocycles. The number of nitrogens with zero attached hydrogens (tertiary/aromatic N) is 3. The van der Waals surface area contributed by atoms with Gasteiger partial charge in [0.1, 0.15) is 0 Å². The summed E-state index contributed by atoms with van der Waals surface area (Å²) in [6, 6.07) is 13.7. The second-order valence-corrected chi connectivity index (χ2v) is 6.03. The Morgan fingerprint density at radius 1 is 1.08 bits per heavy atom. The van der Waals surface area contributed by atoms with Crippen molar-refractivity contribution in [3.8, 4) is 6.07 Å². The highest BCUT2D eigenvalue weighted by Crippen LogP contribution is 2.25. The van der Waals surface area contributed by atoms with Gasteiger partial charge in [-0.1, -0.05) is 29.3 Å². The molecule has 2 N–H and O–H groups in total. The molecule has 0 spiro atoms. The van der Waals surface area contributed by atoms with Crippen LogP contribution in [0.2, 0.25) is 10.0 Å². The first-order chi connectivity index (χ1) is 12.5. The minimum absolute atomic E-state index is 0.271. The lowest BCUT2D eigenvalue weighted by molar-refractivity contribution is 0.102. The van der Waals surface area contributed by atoms with E-state index in [4.69, 9.17) is 28.5 Å². The van der Waals surface area contributed by atoms with Crippen LogP contribution in [0.15, 0.2) is 54.9 Å². The maximum Gasteiger partial charge on any atom is 0.258 e. The van der Waals surface area contributed by atoms with Crippen LogP contribution in [0.4, 0.5) is 17.3 Å². The standard InChI is InChI=1S/C18H11Cl2N5O/c19-13-4-5-16(15(20)7-13)25-17(26)12-9-22-18(23-10-12)24-14-3-1-2-11(6-14)8-21/h1-7,9-10H,(H,25,26)(H,22,23,24). The van der Waals surface area contributed by atoms with Crippen LogP contribution in [0.3, 0.4) is 0 Å². The summed E-state index contributed by atoms with van der Waals surface area (Å²) in [5, 5.41) is 15.4. The van der Waals surface area contributed by atoms with Crippen molar-refractivity contribution in [1.82, 2.24) is 9.97 Å². The summed E-state index contributed by atoms with van der Waals surface area (Å²) in [7, 11) is 0. The molecule has 2 aromatic carbocycles. The molecule has 128 valence electrons. The van der Waals surface area contributed by atoms with E-state index in [1.807, 2.05) is 0 Å². The molecule has 0 bridgehead atoms. The van der Waals surface area contributed by atoms with Crippen LogP contribution < -0.4 is 10.6 Å². The molecule has 0 unspecified atom stereocenters. The quantitative estimate of drug-likeness (QED) is 0.683. The Morgan fingerprint density at radius 2 is 1.85 bits per heavy atom. The average molecular weight is 384 g/mol. The smallest absolute Gasteiger partial charge is 0.258 e. The van der Waals surface area contributed by atoms with Gasteiger partial charge in [-0.25, -0.2) is 9.97 Å². The summed E-state index contributed by atoms with van der Waals surface area (Å²) in [5.41, 5.74) is 1.91. The zero-order valence-corrected chi connectivity index (χ0v) is 14.7. The van der Waals surface area contributed by atoms with E-state index in [0.29, 0.717) is 32.9 Å². The van der Waals surface area contributed by atoms with Crippen molar-refractivity contribution in [2.24, 2.45) is 0 Å². The molecule has 3 rings (SSSR count). The Labute approximate surface area is 159 Å². The summed E-state index contributed by atoms with van der Waals surface area (Å²) in [6.07, 6.45) is 2.78. The van der Waals surface area contributed by atoms with Crippen LogP contribution in [0, 0.1) is 11.3 Å². The first-order valence-electron chi connectivity index (χ1n) is 7.41. The molecule has 8 heteroatoms. The van der Waals surface area contributed by atoms with Crippen molar-refractivity contribution in [3.63, 3.8) is 0 Å². The minimum atomic E-state index is -0.396. The van der Waals surface area contributed by atoms with Gasteiger partial charge in [-0.05, 0) is 36.4 Å². The molecule has 0 radical (unpaired) electrons. The van der Waals surface area contributed by atoms with Crippen LogP contribution >= 0.6 is 23.2 Å². The van der Waals surface area contributed by atoms with Crippen LogP contribution in [0.5, 0.6) is 0 Å². The molecule has 0 fully saturated rings. The normalized spacial score (nSPS) is 10.0. The van der Waals surface area contributed by atoms with E-state index in [1.54, 1.807) is 36.4 Å². The summed E-state index contributed by atoms with van der Waals surface area (Å²) in [5.74, 6) is -0.0894. The lowest BCUT2D eigenvalue weighted by Gasteiger charge is -2.08. The number of carbonyl (C=O) groups is 1. The molecule has 0 saturated carbocycles. The average Bonchev–Trinajstić information content (AvgIpc) is 2.64. The topological polar surface area (TPSA) is 90.7 Å². The van der Waals surface area contributed by atoms with E-state index >= 15 is 0 Å². The van der Waals surface area contributed by atoms with Gasteiger partial charge in [0.05, 0.1) is 27.9 Å². The summed E-state index contributed by atoms with van der Waals surface area (Å²) in [4.78, 5) is 20.5. The van der Waals surface area contributed by atoms with Gasteiger partial charge in [0.15, 0.2) is 0 Å². The number of nitrogens with one attached hydrogen (secondary N) is 2. The number of aromatic nitrogens is 2. The van der Waals surface area contributed by atoms with E-state index in [-0.39, 0.29) is 5.56 Å². The first kappa shape index (κ1) is 17.7. The third-order valence-electron chi connectivity index (χ3n) is 3.34. The lowest BCUT2D eigenvalue weighted by atomic mass is 10.2. The molecule has 0 saturated heterocycles. The number of hydrogen-bond acceptors (Lipinski definition) is 5. The second-order valence-electron chi connectivity index (χ2n) is 5.19. The number of carbonyl (C=O) groups excluding carboxylic acids is 1. The number of hydrogen-bond donors (Lipinski definition) is 2. The molecule has 26 heavy (non-hydrogen) atoms. The fourth-order valence-corrected chi connectivity index (χ4v) is 2.55. The first-order valence-corrected chi connectivity index (χ1v) is 8.16. The SMILES string of the molecule is N#Cc1cccc(Nc2ncc(C(=O)Nc3ccc(Cl)cc3Cl)cn2)c1. The molecule has 1 aromatic heterocycles. The predicted molar refractivity (Wildman–Crippen MR) is 101 cm³/mol. The van der Waals surface area contributed by atoms with Gasteiger partial charge in [-0.3, -0.25) is 4.79 Å². The van der Waals surface area contributed by atoms with Crippen molar-refractivity contribution >= 4 is 46.4 Å². The zero-order chi connectivity index (χ0) is 18.5. The number of anilines is 3. The zero-order valence-electron chi connectivity index (χ0n) is 13.2. The molecule has 0 atom stereocenters. The van der Waals surface area contributed by atoms with Crippen LogP contribution in [0.25, 0.3) is 0 Å². The maximum absolute atomic E-state index is 12.3. The highest BCUT2D eigenvalue weighted by atomic mass is 35.5. The highest BCUT2D eigenvalue weighted by Gasteiger charge is 2.10. The number of amides is 1. The van der Waals surface area contributed by atoms with Crippen LogP contribution in [-0.4, -0.2) is 15.9 Å². The van der Waals surface area contributed by atoms with E-state index in [9.17, 15) is 4.79 Å². The summed E-state index contributed by atoms with van der Waals surface area (Å²) >= 11 is 11.9. The van der Waals surface area contributed by atoms with E-state index in [1.165, 1.54) is 18.5 Å². The Morgan fingerprint density at radius 3 is 2.54 bits per heavy atom. The summed E-state index contributed by atoms with van der Waals surface area (Å²) in [6.45, 7) is 0. The number of benzene rings is 2. The predicted octanol–water partition coefficient (Wildman–Crippen LogP) is 4.65. The number of halogens is 2. The molecule has 3 aromatic rings. The summed E-state index contributed by atoms with van der Waals surface area (Å²) < 4.78 is 0. The maximum atomic E-state index is 12.3. The Bertz CT molecular complexity index is 999. The lowest BCUT2D eigenvalue weighted by Crippen LogP contribution is -2.13. The highest BCUT2D eigenvalue weighted by molar-refractivity contribution is 6.36. The van der Waals surface area contributed by atoms with Gasteiger partial charge in [0.2, 0.25) is 5.95 Å². The largest absolute Gasteiger partial charge is 0.324 e. The van der Waals surface area contributed by atoms with Crippen molar-refractivity contribution in [2.75, 3.05) is 10.6 Å². The van der Waals surface area contributed by atoms with Crippen LogP contribution in [0.1, 0.15) is 15.9 Å². The Balaban J connectivity index is 1.70. The van der Waals surface area contributed by atoms with Gasteiger partial charge in [0, 0.05) is 23.1 Å². The number of nitriles is 1.